The first-order chi connectivity index (χ1) is 11.9. The first-order valence-electron chi connectivity index (χ1n) is 7.73. The van der Waals surface area contributed by atoms with Crippen molar-refractivity contribution in [3.05, 3.63) is 84.1 Å². The molecule has 6 nitrogen and oxygen atoms in total. The highest BCUT2D eigenvalue weighted by Crippen LogP contribution is 2.23. The van der Waals surface area contributed by atoms with Crippen LogP contribution in [-0.2, 0) is 0 Å². The Labute approximate surface area is 139 Å². The summed E-state index contributed by atoms with van der Waals surface area (Å²) in [6.07, 6.45) is 12.8. The molecule has 2 aliphatic rings. The van der Waals surface area contributed by atoms with Gasteiger partial charge >= 0.3 is 0 Å². The van der Waals surface area contributed by atoms with Crippen molar-refractivity contribution in [3.63, 3.8) is 0 Å². The van der Waals surface area contributed by atoms with Gasteiger partial charge in [0.15, 0.2) is 6.17 Å². The SMILES string of the molecule is C1=CC(C2=NC(c3ccncc3)N=C(c3ccncc3)N2)=CCN1. The second-order valence-electron chi connectivity index (χ2n) is 5.37. The third-order valence-electron chi connectivity index (χ3n) is 3.79. The number of nitrogens with one attached hydrogen (secondary N) is 2. The third kappa shape index (κ3) is 2.94. The topological polar surface area (TPSA) is 74.6 Å². The van der Waals surface area contributed by atoms with E-state index in [4.69, 9.17) is 9.98 Å². The number of hydrogen-bond acceptors (Lipinski definition) is 6. The Balaban J connectivity index is 1.75. The van der Waals surface area contributed by atoms with Gasteiger partial charge in [-0.15, -0.1) is 0 Å². The van der Waals surface area contributed by atoms with E-state index in [1.165, 1.54) is 0 Å². The predicted molar refractivity (Wildman–Crippen MR) is 93.5 cm³/mol. The van der Waals surface area contributed by atoms with Gasteiger partial charge in [-0.3, -0.25) is 9.97 Å². The molecule has 2 aliphatic heterocycles. The molecule has 0 aromatic carbocycles. The fraction of sp³-hybridized carbons (Fsp3) is 0.111. The van der Waals surface area contributed by atoms with Gasteiger partial charge in [0.05, 0.1) is 0 Å². The van der Waals surface area contributed by atoms with Crippen molar-refractivity contribution in [1.29, 1.82) is 0 Å². The molecule has 0 saturated carbocycles. The van der Waals surface area contributed by atoms with Gasteiger partial charge in [0, 0.05) is 48.0 Å². The number of aliphatic imine (C=N–C) groups is 2. The summed E-state index contributed by atoms with van der Waals surface area (Å²) in [5, 5.41) is 6.50. The van der Waals surface area contributed by atoms with Gasteiger partial charge in [0.1, 0.15) is 11.7 Å². The van der Waals surface area contributed by atoms with Gasteiger partial charge in [0.25, 0.3) is 0 Å². The highest BCUT2D eigenvalue weighted by molar-refractivity contribution is 6.16. The molecule has 0 amide bonds. The summed E-state index contributed by atoms with van der Waals surface area (Å²) < 4.78 is 0. The van der Waals surface area contributed by atoms with Gasteiger partial charge < -0.3 is 10.6 Å². The summed E-state index contributed by atoms with van der Waals surface area (Å²) in [6.45, 7) is 0.786. The monoisotopic (exact) mass is 316 g/mol. The second kappa shape index (κ2) is 6.45. The Morgan fingerprint density at radius 1 is 0.875 bits per heavy atom. The summed E-state index contributed by atoms with van der Waals surface area (Å²) in [5.74, 6) is 1.61. The van der Waals surface area contributed by atoms with E-state index in [2.05, 4.69) is 26.7 Å². The largest absolute Gasteiger partial charge is 0.387 e. The van der Waals surface area contributed by atoms with Crippen molar-refractivity contribution >= 4 is 11.7 Å². The molecule has 1 unspecified atom stereocenters. The van der Waals surface area contributed by atoms with Crippen molar-refractivity contribution in [3.8, 4) is 0 Å². The lowest BCUT2D eigenvalue weighted by atomic mass is 10.1. The van der Waals surface area contributed by atoms with E-state index < -0.39 is 0 Å². The summed E-state index contributed by atoms with van der Waals surface area (Å²) in [5.41, 5.74) is 3.04. The van der Waals surface area contributed by atoms with Crippen molar-refractivity contribution in [2.45, 2.75) is 6.17 Å². The fourth-order valence-corrected chi connectivity index (χ4v) is 2.57. The van der Waals surface area contributed by atoms with Crippen LogP contribution < -0.4 is 10.6 Å². The van der Waals surface area contributed by atoms with E-state index in [0.717, 1.165) is 34.9 Å². The van der Waals surface area contributed by atoms with Crippen LogP contribution in [-0.4, -0.2) is 28.2 Å². The molecule has 4 rings (SSSR count). The fourth-order valence-electron chi connectivity index (χ4n) is 2.57. The molecule has 1 atom stereocenters. The van der Waals surface area contributed by atoms with Crippen LogP contribution in [0.4, 0.5) is 0 Å². The maximum atomic E-state index is 4.78. The minimum Gasteiger partial charge on any atom is -0.387 e. The number of rotatable bonds is 3. The quantitative estimate of drug-likeness (QED) is 0.908. The Morgan fingerprint density at radius 3 is 2.29 bits per heavy atom. The normalized spacial score (nSPS) is 19.5. The van der Waals surface area contributed by atoms with Crippen molar-refractivity contribution in [2.24, 2.45) is 9.98 Å². The molecule has 2 aromatic rings. The number of dihydropyridines is 1. The minimum absolute atomic E-state index is 0.295. The highest BCUT2D eigenvalue weighted by atomic mass is 15.2. The number of nitrogens with zero attached hydrogens (tertiary/aromatic N) is 4. The number of aromatic nitrogens is 2. The lowest BCUT2D eigenvalue weighted by Gasteiger charge is -2.23. The molecule has 24 heavy (non-hydrogen) atoms. The number of amidine groups is 2. The third-order valence-corrected chi connectivity index (χ3v) is 3.79. The van der Waals surface area contributed by atoms with E-state index >= 15 is 0 Å². The molecule has 0 spiro atoms. The zero-order valence-corrected chi connectivity index (χ0v) is 12.9. The summed E-state index contributed by atoms with van der Waals surface area (Å²) in [4.78, 5) is 17.7. The zero-order valence-electron chi connectivity index (χ0n) is 12.9. The van der Waals surface area contributed by atoms with Gasteiger partial charge in [-0.1, -0.05) is 6.08 Å². The van der Waals surface area contributed by atoms with E-state index in [0.29, 0.717) is 0 Å². The van der Waals surface area contributed by atoms with E-state index in [9.17, 15) is 0 Å². The smallest absolute Gasteiger partial charge is 0.169 e. The maximum Gasteiger partial charge on any atom is 0.169 e. The van der Waals surface area contributed by atoms with Gasteiger partial charge in [-0.2, -0.15) is 0 Å². The van der Waals surface area contributed by atoms with E-state index in [1.54, 1.807) is 24.8 Å². The van der Waals surface area contributed by atoms with Gasteiger partial charge in [0.2, 0.25) is 0 Å². The standard InChI is InChI=1S/C18H16N6/c1-7-19-8-2-13(1)16-22-17(14-3-9-20-10-4-14)24-18(23-16)15-5-11-21-12-6-15/h1-11,16,21H,12H2,(H,22,23,24). The van der Waals surface area contributed by atoms with Crippen LogP contribution in [0.5, 0.6) is 0 Å². The first-order valence-corrected chi connectivity index (χ1v) is 7.73. The first kappa shape index (κ1) is 14.3. The molecule has 0 fully saturated rings. The van der Waals surface area contributed by atoms with Crippen LogP contribution >= 0.6 is 0 Å². The predicted octanol–water partition coefficient (Wildman–Crippen LogP) is 1.97. The summed E-state index contributed by atoms with van der Waals surface area (Å²) in [6, 6.07) is 7.75. The molecule has 0 bridgehead atoms. The van der Waals surface area contributed by atoms with Crippen LogP contribution in [0, 0.1) is 0 Å². The van der Waals surface area contributed by atoms with Crippen LogP contribution in [0.3, 0.4) is 0 Å². The Morgan fingerprint density at radius 2 is 1.58 bits per heavy atom. The second-order valence-corrected chi connectivity index (χ2v) is 5.37. The lowest BCUT2D eigenvalue weighted by molar-refractivity contribution is 0.753. The van der Waals surface area contributed by atoms with Crippen molar-refractivity contribution in [2.75, 3.05) is 6.54 Å². The molecule has 118 valence electrons. The molecule has 0 saturated heterocycles. The molecular weight excluding hydrogens is 300 g/mol. The molecule has 4 heterocycles. The number of hydrogen-bond donors (Lipinski definition) is 2. The Bertz CT molecular complexity index is 836. The van der Waals surface area contributed by atoms with Gasteiger partial charge in [-0.25, -0.2) is 9.98 Å². The van der Waals surface area contributed by atoms with Crippen LogP contribution in [0.1, 0.15) is 17.3 Å². The molecular formula is C18H16N6. The number of pyridine rings is 2. The van der Waals surface area contributed by atoms with Crippen LogP contribution in [0.15, 0.2) is 83.0 Å². The molecule has 0 aliphatic carbocycles. The van der Waals surface area contributed by atoms with Crippen LogP contribution in [0.25, 0.3) is 0 Å². The lowest BCUT2D eigenvalue weighted by Crippen LogP contribution is -2.37. The van der Waals surface area contributed by atoms with E-state index in [-0.39, 0.29) is 6.17 Å². The zero-order chi connectivity index (χ0) is 16.2. The summed E-state index contributed by atoms with van der Waals surface area (Å²) in [7, 11) is 0. The Hall–Kier alpha value is -3.28. The minimum atomic E-state index is -0.295. The maximum absolute atomic E-state index is 4.78. The average molecular weight is 316 g/mol. The van der Waals surface area contributed by atoms with Crippen molar-refractivity contribution < 1.29 is 0 Å². The molecule has 2 aromatic heterocycles. The average Bonchev–Trinajstić information content (AvgIpc) is 2.70. The summed E-state index contributed by atoms with van der Waals surface area (Å²) >= 11 is 0. The van der Waals surface area contributed by atoms with E-state index in [1.807, 2.05) is 36.5 Å². The molecule has 2 N–H and O–H groups in total. The Kier molecular flexibility index (Phi) is 3.85. The molecule has 0 radical (unpaired) electrons. The van der Waals surface area contributed by atoms with Crippen LogP contribution in [0.2, 0.25) is 0 Å². The molecule has 6 heteroatoms. The highest BCUT2D eigenvalue weighted by Gasteiger charge is 2.21. The van der Waals surface area contributed by atoms with Crippen molar-refractivity contribution in [1.82, 2.24) is 20.6 Å². The van der Waals surface area contributed by atoms with Gasteiger partial charge in [-0.05, 0) is 36.5 Å².